The molecule has 0 amide bonds. The predicted molar refractivity (Wildman–Crippen MR) is 99.5 cm³/mol. The number of benzene rings is 1. The van der Waals surface area contributed by atoms with Crippen LogP contribution in [-0.2, 0) is 24.2 Å². The second kappa shape index (κ2) is 6.89. The highest BCUT2D eigenvalue weighted by molar-refractivity contribution is 7.89. The summed E-state index contributed by atoms with van der Waals surface area (Å²) in [4.78, 5) is 6.99. The van der Waals surface area contributed by atoms with Crippen molar-refractivity contribution in [3.8, 4) is 0 Å². The van der Waals surface area contributed by atoms with Crippen molar-refractivity contribution in [2.75, 3.05) is 6.61 Å². The van der Waals surface area contributed by atoms with Gasteiger partial charge in [-0.15, -0.1) is 0 Å². The molecule has 0 atom stereocenters. The molecule has 1 fully saturated rings. The first-order valence-corrected chi connectivity index (χ1v) is 9.95. The molecule has 1 aliphatic rings. The third-order valence-electron chi connectivity index (χ3n) is 4.66. The van der Waals surface area contributed by atoms with Crippen LogP contribution in [0.15, 0.2) is 23.1 Å². The first-order chi connectivity index (χ1) is 11.6. The fourth-order valence-corrected chi connectivity index (χ4v) is 3.18. The van der Waals surface area contributed by atoms with Crippen LogP contribution in [-0.4, -0.2) is 44.1 Å². The van der Waals surface area contributed by atoms with Gasteiger partial charge in [-0.2, -0.15) is 0 Å². The third-order valence-corrected chi connectivity index (χ3v) is 5.87. The van der Waals surface area contributed by atoms with Crippen LogP contribution in [0, 0.1) is 6.92 Å². The van der Waals surface area contributed by atoms with Crippen molar-refractivity contribution in [1.82, 2.24) is 4.89 Å². The zero-order chi connectivity index (χ0) is 20.0. The molecule has 1 heterocycles. The summed E-state index contributed by atoms with van der Waals surface area (Å²) >= 11 is 0. The maximum Gasteiger partial charge on any atom is 0.495 e. The van der Waals surface area contributed by atoms with Gasteiger partial charge in [0.25, 0.3) is 10.0 Å². The van der Waals surface area contributed by atoms with Crippen molar-refractivity contribution in [2.45, 2.75) is 70.2 Å². The van der Waals surface area contributed by atoms with Crippen LogP contribution in [0.25, 0.3) is 0 Å². The maximum atomic E-state index is 12.5. The Hall–Kier alpha value is -0.965. The van der Waals surface area contributed by atoms with Crippen LogP contribution < -0.4 is 10.3 Å². The van der Waals surface area contributed by atoms with Crippen molar-refractivity contribution in [2.24, 2.45) is 0 Å². The van der Waals surface area contributed by atoms with E-state index in [9.17, 15) is 13.5 Å². The zero-order valence-corrected chi connectivity index (χ0v) is 17.2. The van der Waals surface area contributed by atoms with E-state index in [0.717, 1.165) is 5.56 Å². The average molecular weight is 385 g/mol. The number of aliphatic hydroxyl groups is 1. The zero-order valence-electron chi connectivity index (χ0n) is 16.4. The number of sulfonamides is 1. The van der Waals surface area contributed by atoms with Gasteiger partial charge in [-0.1, -0.05) is 16.5 Å². The highest BCUT2D eigenvalue weighted by atomic mass is 32.2. The maximum absolute atomic E-state index is 12.5. The van der Waals surface area contributed by atoms with Crippen molar-refractivity contribution in [3.05, 3.63) is 23.8 Å². The van der Waals surface area contributed by atoms with E-state index in [-0.39, 0.29) is 11.5 Å². The lowest BCUT2D eigenvalue weighted by atomic mass is 9.76. The molecule has 0 unspecified atom stereocenters. The van der Waals surface area contributed by atoms with Gasteiger partial charge >= 0.3 is 7.12 Å². The summed E-state index contributed by atoms with van der Waals surface area (Å²) in [5.74, 6) is 0. The predicted octanol–water partition coefficient (Wildman–Crippen LogP) is 1.28. The monoisotopic (exact) mass is 385 g/mol. The lowest BCUT2D eigenvalue weighted by Gasteiger charge is -2.32. The van der Waals surface area contributed by atoms with Gasteiger partial charge in [0.1, 0.15) is 0 Å². The topological polar surface area (TPSA) is 94.1 Å². The lowest BCUT2D eigenvalue weighted by Crippen LogP contribution is -2.41. The molecule has 26 heavy (non-hydrogen) atoms. The number of aryl methyl sites for hydroxylation is 1. The van der Waals surface area contributed by atoms with E-state index in [2.05, 4.69) is 0 Å². The van der Waals surface area contributed by atoms with Gasteiger partial charge in [0.2, 0.25) is 0 Å². The molecule has 1 aromatic carbocycles. The Kier molecular flexibility index (Phi) is 5.65. The fraction of sp³-hybridized carbons (Fsp3) is 0.647. The van der Waals surface area contributed by atoms with E-state index in [4.69, 9.17) is 14.1 Å². The molecular weight excluding hydrogens is 357 g/mol. The molecule has 0 radical (unpaired) electrons. The smallest absolute Gasteiger partial charge is 0.399 e. The minimum Gasteiger partial charge on any atom is -0.399 e. The Bertz CT molecular complexity index is 754. The van der Waals surface area contributed by atoms with Gasteiger partial charge in [-0.05, 0) is 66.1 Å². The molecule has 7 nitrogen and oxygen atoms in total. The highest BCUT2D eigenvalue weighted by Gasteiger charge is 2.52. The van der Waals surface area contributed by atoms with Gasteiger partial charge in [0.05, 0.1) is 28.3 Å². The van der Waals surface area contributed by atoms with Crippen molar-refractivity contribution >= 4 is 22.6 Å². The summed E-state index contributed by atoms with van der Waals surface area (Å²) in [6.45, 7) is 12.5. The first kappa shape index (κ1) is 21.3. The summed E-state index contributed by atoms with van der Waals surface area (Å²) < 4.78 is 36.9. The second-order valence-corrected chi connectivity index (χ2v) is 9.94. The molecular formula is C17H28BNO6S. The molecule has 0 aromatic heterocycles. The van der Waals surface area contributed by atoms with Crippen molar-refractivity contribution in [1.29, 1.82) is 0 Å². The lowest BCUT2D eigenvalue weighted by molar-refractivity contribution is -0.0380. The van der Waals surface area contributed by atoms with Crippen LogP contribution in [0.5, 0.6) is 0 Å². The minimum absolute atomic E-state index is 0.0311. The largest absolute Gasteiger partial charge is 0.495 e. The van der Waals surface area contributed by atoms with Crippen LogP contribution in [0.3, 0.4) is 0 Å². The second-order valence-electron chi connectivity index (χ2n) is 8.29. The number of rotatable bonds is 6. The van der Waals surface area contributed by atoms with Gasteiger partial charge in [-0.3, -0.25) is 4.84 Å². The standard InChI is InChI=1S/C17H28BNO6S/c1-12-8-9-13(26(21,22)19-23-11-15(2,3)20)10-14(12)18-24-16(4,5)17(6,7)25-18/h8-10,19-20H,11H2,1-7H3. The number of hydrogen-bond acceptors (Lipinski definition) is 6. The SMILES string of the molecule is Cc1ccc(S(=O)(=O)NOCC(C)(C)O)cc1B1OC(C)(C)C(C)(C)O1. The summed E-state index contributed by atoms with van der Waals surface area (Å²) in [5.41, 5.74) is -0.682. The molecule has 1 aromatic rings. The van der Waals surface area contributed by atoms with E-state index in [1.54, 1.807) is 6.07 Å². The summed E-state index contributed by atoms with van der Waals surface area (Å²) in [6, 6.07) is 4.71. The van der Waals surface area contributed by atoms with Crippen LogP contribution >= 0.6 is 0 Å². The molecule has 1 saturated heterocycles. The Balaban J connectivity index is 2.25. The van der Waals surface area contributed by atoms with E-state index in [0.29, 0.717) is 5.46 Å². The van der Waals surface area contributed by atoms with Crippen molar-refractivity contribution in [3.63, 3.8) is 0 Å². The van der Waals surface area contributed by atoms with Crippen LogP contribution in [0.4, 0.5) is 0 Å². The van der Waals surface area contributed by atoms with Crippen LogP contribution in [0.2, 0.25) is 0 Å². The molecule has 146 valence electrons. The van der Waals surface area contributed by atoms with E-state index in [1.165, 1.54) is 26.0 Å². The fourth-order valence-electron chi connectivity index (χ4n) is 2.34. The molecule has 0 bridgehead atoms. The van der Waals surface area contributed by atoms with Gasteiger partial charge in [-0.25, -0.2) is 8.42 Å². The van der Waals surface area contributed by atoms with Crippen molar-refractivity contribution < 1.29 is 27.7 Å². The number of nitrogens with one attached hydrogen (secondary N) is 1. The summed E-state index contributed by atoms with van der Waals surface area (Å²) in [5, 5.41) is 9.61. The quantitative estimate of drug-likeness (QED) is 0.566. The first-order valence-electron chi connectivity index (χ1n) is 8.47. The van der Waals surface area contributed by atoms with E-state index in [1.807, 2.05) is 39.5 Å². The Labute approximate surface area is 156 Å². The number of hydrogen-bond donors (Lipinski definition) is 2. The normalized spacial score (nSPS) is 19.8. The Morgan fingerprint density at radius 3 is 2.23 bits per heavy atom. The van der Waals surface area contributed by atoms with E-state index >= 15 is 0 Å². The molecule has 0 aliphatic carbocycles. The van der Waals surface area contributed by atoms with Gasteiger partial charge in [0.15, 0.2) is 0 Å². The Morgan fingerprint density at radius 1 is 1.19 bits per heavy atom. The van der Waals surface area contributed by atoms with Gasteiger partial charge < -0.3 is 14.4 Å². The average Bonchev–Trinajstić information content (AvgIpc) is 2.65. The summed E-state index contributed by atoms with van der Waals surface area (Å²) in [7, 11) is -4.56. The summed E-state index contributed by atoms with van der Waals surface area (Å²) in [6.07, 6.45) is 0. The van der Waals surface area contributed by atoms with E-state index < -0.39 is 33.9 Å². The molecule has 0 spiro atoms. The molecule has 0 saturated carbocycles. The highest BCUT2D eigenvalue weighted by Crippen LogP contribution is 2.36. The molecule has 2 rings (SSSR count). The van der Waals surface area contributed by atoms with Crippen LogP contribution in [0.1, 0.15) is 47.1 Å². The third kappa shape index (κ3) is 4.65. The van der Waals surface area contributed by atoms with Gasteiger partial charge in [0, 0.05) is 0 Å². The molecule has 1 aliphatic heterocycles. The minimum atomic E-state index is -3.90. The Morgan fingerprint density at radius 2 is 1.73 bits per heavy atom. The molecule has 9 heteroatoms. The molecule has 2 N–H and O–H groups in total.